The number of piperazine rings is 1. The predicted octanol–water partition coefficient (Wildman–Crippen LogP) is 2.55. The summed E-state index contributed by atoms with van der Waals surface area (Å²) in [6.07, 6.45) is 0. The molecule has 1 saturated heterocycles. The van der Waals surface area contributed by atoms with E-state index in [4.69, 9.17) is 0 Å². The Bertz CT molecular complexity index is 988. The predicted molar refractivity (Wildman–Crippen MR) is 101 cm³/mol. The molecule has 7 heteroatoms. The second-order valence-electron chi connectivity index (χ2n) is 6.27. The molecule has 5 nitrogen and oxygen atoms in total. The van der Waals surface area contributed by atoms with Gasteiger partial charge in [0.2, 0.25) is 5.91 Å². The molecule has 0 atom stereocenters. The summed E-state index contributed by atoms with van der Waals surface area (Å²) in [5, 5.41) is 0.659. The van der Waals surface area contributed by atoms with E-state index in [0.717, 1.165) is 10.4 Å². The molecule has 3 aromatic rings. The minimum atomic E-state index is -0.253. The molecule has 0 unspecified atom stereocenters. The highest BCUT2D eigenvalue weighted by atomic mass is 32.1. The van der Waals surface area contributed by atoms with E-state index in [1.165, 1.54) is 27.6 Å². The first-order chi connectivity index (χ1) is 12.6. The van der Waals surface area contributed by atoms with Crippen molar-refractivity contribution in [2.75, 3.05) is 31.1 Å². The van der Waals surface area contributed by atoms with Crippen LogP contribution < -0.4 is 10.5 Å². The van der Waals surface area contributed by atoms with Gasteiger partial charge in [-0.15, -0.1) is 0 Å². The molecule has 26 heavy (non-hydrogen) atoms. The number of anilines is 1. The van der Waals surface area contributed by atoms with Crippen LogP contribution in [0.25, 0.3) is 10.1 Å². The maximum atomic E-state index is 13.0. The lowest BCUT2D eigenvalue weighted by molar-refractivity contribution is -0.132. The van der Waals surface area contributed by atoms with Crippen molar-refractivity contribution in [3.63, 3.8) is 0 Å². The molecule has 0 N–H and O–H groups in total. The van der Waals surface area contributed by atoms with Crippen molar-refractivity contribution in [2.24, 2.45) is 0 Å². The Hall–Kier alpha value is -2.67. The second kappa shape index (κ2) is 6.92. The van der Waals surface area contributed by atoms with Crippen molar-refractivity contribution in [3.8, 4) is 0 Å². The van der Waals surface area contributed by atoms with Crippen LogP contribution in [-0.2, 0) is 11.3 Å². The van der Waals surface area contributed by atoms with Gasteiger partial charge in [-0.05, 0) is 36.4 Å². The van der Waals surface area contributed by atoms with E-state index in [9.17, 15) is 14.0 Å². The molecule has 1 aliphatic heterocycles. The van der Waals surface area contributed by atoms with Gasteiger partial charge in [0, 0.05) is 31.9 Å². The molecule has 0 radical (unpaired) electrons. The van der Waals surface area contributed by atoms with Crippen LogP contribution in [0.5, 0.6) is 0 Å². The van der Waals surface area contributed by atoms with Crippen LogP contribution in [0, 0.1) is 5.82 Å². The number of aromatic nitrogens is 1. The number of fused-ring (bicyclic) bond motifs is 1. The van der Waals surface area contributed by atoms with E-state index >= 15 is 0 Å². The molecule has 134 valence electrons. The SMILES string of the molecule is O=C(Cn1sc2ccccc2c1=O)N1CCN(c2ccc(F)cc2)CC1. The average Bonchev–Trinajstić information content (AvgIpc) is 2.98. The summed E-state index contributed by atoms with van der Waals surface area (Å²) in [6, 6.07) is 13.8. The Morgan fingerprint density at radius 2 is 1.69 bits per heavy atom. The number of nitrogens with zero attached hydrogens (tertiary/aromatic N) is 3. The van der Waals surface area contributed by atoms with E-state index in [1.54, 1.807) is 23.1 Å². The van der Waals surface area contributed by atoms with E-state index in [-0.39, 0.29) is 23.8 Å². The van der Waals surface area contributed by atoms with E-state index in [0.29, 0.717) is 31.6 Å². The minimum Gasteiger partial charge on any atom is -0.368 e. The Balaban J connectivity index is 1.41. The molecule has 1 amide bonds. The highest BCUT2D eigenvalue weighted by Crippen LogP contribution is 2.18. The molecule has 0 spiro atoms. The van der Waals surface area contributed by atoms with Gasteiger partial charge in [-0.3, -0.25) is 13.5 Å². The number of rotatable bonds is 3. The highest BCUT2D eigenvalue weighted by Gasteiger charge is 2.22. The fourth-order valence-electron chi connectivity index (χ4n) is 3.21. The zero-order chi connectivity index (χ0) is 18.1. The monoisotopic (exact) mass is 371 g/mol. The van der Waals surface area contributed by atoms with Crippen LogP contribution in [0.3, 0.4) is 0 Å². The van der Waals surface area contributed by atoms with Gasteiger partial charge in [0.05, 0.1) is 10.1 Å². The lowest BCUT2D eigenvalue weighted by Crippen LogP contribution is -2.49. The largest absolute Gasteiger partial charge is 0.368 e. The van der Waals surface area contributed by atoms with Crippen LogP contribution >= 0.6 is 11.5 Å². The van der Waals surface area contributed by atoms with Crippen molar-refractivity contribution in [3.05, 3.63) is 64.7 Å². The van der Waals surface area contributed by atoms with Gasteiger partial charge in [-0.1, -0.05) is 23.7 Å². The summed E-state index contributed by atoms with van der Waals surface area (Å²) in [5.74, 6) is -0.297. The molecular formula is C19H18FN3O2S. The normalized spacial score (nSPS) is 14.8. The molecular weight excluding hydrogens is 353 g/mol. The molecule has 1 aromatic heterocycles. The Kier molecular flexibility index (Phi) is 4.46. The van der Waals surface area contributed by atoms with Crippen molar-refractivity contribution < 1.29 is 9.18 Å². The third kappa shape index (κ3) is 3.22. The number of hydrogen-bond donors (Lipinski definition) is 0. The maximum Gasteiger partial charge on any atom is 0.268 e. The van der Waals surface area contributed by atoms with Gasteiger partial charge < -0.3 is 9.80 Å². The van der Waals surface area contributed by atoms with Gasteiger partial charge in [0.1, 0.15) is 12.4 Å². The van der Waals surface area contributed by atoms with Gasteiger partial charge in [0.15, 0.2) is 0 Å². The zero-order valence-corrected chi connectivity index (χ0v) is 14.9. The fraction of sp³-hybridized carbons (Fsp3) is 0.263. The Morgan fingerprint density at radius 1 is 1.00 bits per heavy atom. The summed E-state index contributed by atoms with van der Waals surface area (Å²) in [7, 11) is 0. The van der Waals surface area contributed by atoms with Crippen molar-refractivity contribution in [1.29, 1.82) is 0 Å². The van der Waals surface area contributed by atoms with E-state index < -0.39 is 0 Å². The highest BCUT2D eigenvalue weighted by molar-refractivity contribution is 7.13. The third-order valence-corrected chi connectivity index (χ3v) is 5.72. The first kappa shape index (κ1) is 16.8. The van der Waals surface area contributed by atoms with Gasteiger partial charge >= 0.3 is 0 Å². The molecule has 4 rings (SSSR count). The average molecular weight is 371 g/mol. The first-order valence-electron chi connectivity index (χ1n) is 8.49. The van der Waals surface area contributed by atoms with Crippen LogP contribution in [0.1, 0.15) is 0 Å². The summed E-state index contributed by atoms with van der Waals surface area (Å²) >= 11 is 1.33. The number of benzene rings is 2. The van der Waals surface area contributed by atoms with Crippen LogP contribution in [0.2, 0.25) is 0 Å². The molecule has 0 saturated carbocycles. The van der Waals surface area contributed by atoms with Gasteiger partial charge in [0.25, 0.3) is 5.56 Å². The Morgan fingerprint density at radius 3 is 2.38 bits per heavy atom. The van der Waals surface area contributed by atoms with Crippen LogP contribution in [-0.4, -0.2) is 40.9 Å². The molecule has 2 aromatic carbocycles. The van der Waals surface area contributed by atoms with Crippen molar-refractivity contribution in [2.45, 2.75) is 6.54 Å². The second-order valence-corrected chi connectivity index (χ2v) is 7.34. The molecule has 0 aliphatic carbocycles. The summed E-state index contributed by atoms with van der Waals surface area (Å²) in [4.78, 5) is 28.9. The summed E-state index contributed by atoms with van der Waals surface area (Å²) in [5.41, 5.74) is 0.850. The van der Waals surface area contributed by atoms with Crippen LogP contribution in [0.15, 0.2) is 53.3 Å². The van der Waals surface area contributed by atoms with Gasteiger partial charge in [-0.2, -0.15) is 0 Å². The first-order valence-corrected chi connectivity index (χ1v) is 9.26. The molecule has 0 bridgehead atoms. The fourth-order valence-corrected chi connectivity index (χ4v) is 4.20. The summed E-state index contributed by atoms with van der Waals surface area (Å²) in [6.45, 7) is 2.65. The number of amides is 1. The summed E-state index contributed by atoms with van der Waals surface area (Å²) < 4.78 is 15.5. The topological polar surface area (TPSA) is 45.6 Å². The minimum absolute atomic E-state index is 0.0441. The molecule has 2 heterocycles. The lowest BCUT2D eigenvalue weighted by Gasteiger charge is -2.36. The molecule has 1 aliphatic rings. The number of halogens is 1. The zero-order valence-electron chi connectivity index (χ0n) is 14.1. The standard InChI is InChI=1S/C19H18FN3O2S/c20-14-5-7-15(8-6-14)21-9-11-22(12-10-21)18(24)13-23-19(25)16-3-1-2-4-17(16)26-23/h1-8H,9-13H2. The number of hydrogen-bond acceptors (Lipinski definition) is 4. The number of carbonyl (C=O) groups is 1. The van der Waals surface area contributed by atoms with E-state index in [2.05, 4.69) is 4.90 Å². The Labute approximate surface area is 154 Å². The van der Waals surface area contributed by atoms with Crippen molar-refractivity contribution >= 4 is 33.2 Å². The third-order valence-electron chi connectivity index (χ3n) is 4.66. The lowest BCUT2D eigenvalue weighted by atomic mass is 10.2. The molecule has 1 fully saturated rings. The van der Waals surface area contributed by atoms with Crippen molar-refractivity contribution in [1.82, 2.24) is 8.86 Å². The van der Waals surface area contributed by atoms with Gasteiger partial charge in [-0.25, -0.2) is 4.39 Å². The number of carbonyl (C=O) groups excluding carboxylic acids is 1. The smallest absolute Gasteiger partial charge is 0.268 e. The van der Waals surface area contributed by atoms with E-state index in [1.807, 2.05) is 18.2 Å². The maximum absolute atomic E-state index is 13.0. The quantitative estimate of drug-likeness (QED) is 0.711. The van der Waals surface area contributed by atoms with Crippen LogP contribution in [0.4, 0.5) is 10.1 Å².